The first-order valence-electron chi connectivity index (χ1n) is 8.32. The Balaban J connectivity index is 1.94. The predicted molar refractivity (Wildman–Crippen MR) is 100.0 cm³/mol. The molecule has 0 aliphatic carbocycles. The smallest absolute Gasteiger partial charge is 0.352 e. The van der Waals surface area contributed by atoms with Crippen LogP contribution in [0.5, 0.6) is 5.75 Å². The van der Waals surface area contributed by atoms with Crippen molar-refractivity contribution in [3.8, 4) is 5.75 Å². The Morgan fingerprint density at radius 1 is 1.12 bits per heavy atom. The molecule has 1 aromatic heterocycles. The standard InChI is InChI=1S/C20H20N2O4/c1-3-22(13-8-10-14(26-2)11-9-13)18(23)12-16-15-6-4-5-7-17(15)21-19(16)20(24)25/h4-11,21H,3,12H2,1-2H3,(H,24,25). The minimum Gasteiger partial charge on any atom is -0.497 e. The summed E-state index contributed by atoms with van der Waals surface area (Å²) in [7, 11) is 1.59. The molecule has 3 aromatic rings. The van der Waals surface area contributed by atoms with Crippen LogP contribution >= 0.6 is 0 Å². The molecule has 0 atom stereocenters. The number of methoxy groups -OCH3 is 1. The number of benzene rings is 2. The lowest BCUT2D eigenvalue weighted by Crippen LogP contribution is -2.32. The van der Waals surface area contributed by atoms with Gasteiger partial charge in [-0.1, -0.05) is 18.2 Å². The summed E-state index contributed by atoms with van der Waals surface area (Å²) in [6, 6.07) is 14.5. The van der Waals surface area contributed by atoms with Crippen molar-refractivity contribution in [3.63, 3.8) is 0 Å². The van der Waals surface area contributed by atoms with Crippen LogP contribution in [0.4, 0.5) is 5.69 Å². The van der Waals surface area contributed by atoms with Gasteiger partial charge in [-0.3, -0.25) is 4.79 Å². The summed E-state index contributed by atoms with van der Waals surface area (Å²) < 4.78 is 5.15. The van der Waals surface area contributed by atoms with E-state index in [2.05, 4.69) is 4.98 Å². The van der Waals surface area contributed by atoms with Crippen LogP contribution in [0.2, 0.25) is 0 Å². The molecule has 0 aliphatic heterocycles. The summed E-state index contributed by atoms with van der Waals surface area (Å²) in [5.41, 5.74) is 2.02. The van der Waals surface area contributed by atoms with Crippen LogP contribution in [0, 0.1) is 0 Å². The maximum Gasteiger partial charge on any atom is 0.352 e. The average molecular weight is 352 g/mol. The van der Waals surface area contributed by atoms with Crippen molar-refractivity contribution in [2.75, 3.05) is 18.6 Å². The van der Waals surface area contributed by atoms with Crippen LogP contribution in [0.1, 0.15) is 23.0 Å². The Kier molecular flexibility index (Phi) is 4.93. The molecule has 0 saturated carbocycles. The molecule has 0 unspecified atom stereocenters. The van der Waals surface area contributed by atoms with Crippen LogP contribution < -0.4 is 9.64 Å². The number of anilines is 1. The molecule has 3 rings (SSSR count). The van der Waals surface area contributed by atoms with Gasteiger partial charge in [0.25, 0.3) is 0 Å². The van der Waals surface area contributed by atoms with Crippen molar-refractivity contribution in [1.82, 2.24) is 4.98 Å². The summed E-state index contributed by atoms with van der Waals surface area (Å²) in [5.74, 6) is -0.525. The number of rotatable bonds is 6. The van der Waals surface area contributed by atoms with Gasteiger partial charge in [0, 0.05) is 28.7 Å². The molecule has 1 amide bonds. The van der Waals surface area contributed by atoms with Gasteiger partial charge >= 0.3 is 5.97 Å². The van der Waals surface area contributed by atoms with Gasteiger partial charge in [-0.25, -0.2) is 4.79 Å². The Morgan fingerprint density at radius 2 is 1.81 bits per heavy atom. The number of carbonyl (C=O) groups is 2. The second-order valence-electron chi connectivity index (χ2n) is 5.84. The van der Waals surface area contributed by atoms with E-state index in [-0.39, 0.29) is 18.0 Å². The number of ether oxygens (including phenoxy) is 1. The van der Waals surface area contributed by atoms with Gasteiger partial charge in [-0.05, 0) is 37.3 Å². The minimum atomic E-state index is -1.07. The molecule has 134 valence electrons. The minimum absolute atomic E-state index is 0.00547. The van der Waals surface area contributed by atoms with Gasteiger partial charge in [0.2, 0.25) is 5.91 Å². The van der Waals surface area contributed by atoms with Crippen LogP contribution in [0.15, 0.2) is 48.5 Å². The number of aromatic carboxylic acids is 1. The van der Waals surface area contributed by atoms with Crippen molar-refractivity contribution < 1.29 is 19.4 Å². The van der Waals surface area contributed by atoms with Crippen LogP contribution in [-0.4, -0.2) is 35.6 Å². The molecular formula is C20H20N2O4. The molecule has 0 spiro atoms. The fraction of sp³-hybridized carbons (Fsp3) is 0.200. The Hall–Kier alpha value is -3.28. The van der Waals surface area contributed by atoms with Crippen molar-refractivity contribution in [1.29, 1.82) is 0 Å². The highest BCUT2D eigenvalue weighted by Gasteiger charge is 2.22. The fourth-order valence-corrected chi connectivity index (χ4v) is 3.08. The van der Waals surface area contributed by atoms with Crippen molar-refractivity contribution in [2.24, 2.45) is 0 Å². The van der Waals surface area contributed by atoms with E-state index in [4.69, 9.17) is 4.74 Å². The molecule has 0 saturated heterocycles. The lowest BCUT2D eigenvalue weighted by atomic mass is 10.1. The summed E-state index contributed by atoms with van der Waals surface area (Å²) in [4.78, 5) is 29.0. The number of para-hydroxylation sites is 1. The number of hydrogen-bond donors (Lipinski definition) is 2. The zero-order valence-corrected chi connectivity index (χ0v) is 14.7. The number of fused-ring (bicyclic) bond motifs is 1. The molecule has 6 heteroatoms. The number of nitrogens with one attached hydrogen (secondary N) is 1. The van der Waals surface area contributed by atoms with Gasteiger partial charge in [0.1, 0.15) is 11.4 Å². The summed E-state index contributed by atoms with van der Waals surface area (Å²) >= 11 is 0. The van der Waals surface area contributed by atoms with Crippen LogP contribution in [0.3, 0.4) is 0 Å². The van der Waals surface area contributed by atoms with E-state index in [1.165, 1.54) is 0 Å². The topological polar surface area (TPSA) is 82.6 Å². The highest BCUT2D eigenvalue weighted by atomic mass is 16.5. The molecule has 2 N–H and O–H groups in total. The van der Waals surface area contributed by atoms with E-state index < -0.39 is 5.97 Å². The third kappa shape index (κ3) is 3.26. The SMILES string of the molecule is CCN(C(=O)Cc1c(C(=O)O)[nH]c2ccccc12)c1ccc(OC)cc1. The number of aromatic amines is 1. The number of carboxylic acids is 1. The second kappa shape index (κ2) is 7.31. The van der Waals surface area contributed by atoms with Crippen molar-refractivity contribution >= 4 is 28.5 Å². The zero-order valence-electron chi connectivity index (χ0n) is 14.7. The van der Waals surface area contributed by atoms with Gasteiger partial charge in [0.05, 0.1) is 13.5 Å². The molecular weight excluding hydrogens is 332 g/mol. The van der Waals surface area contributed by atoms with Gasteiger partial charge in [-0.15, -0.1) is 0 Å². The first-order valence-corrected chi connectivity index (χ1v) is 8.32. The first-order chi connectivity index (χ1) is 12.5. The Labute approximate surface area is 151 Å². The number of likely N-dealkylation sites (N-methyl/N-ethyl adjacent to an activating group) is 1. The molecule has 2 aromatic carbocycles. The summed E-state index contributed by atoms with van der Waals surface area (Å²) in [5, 5.41) is 10.2. The highest BCUT2D eigenvalue weighted by Crippen LogP contribution is 2.25. The van der Waals surface area contributed by atoms with Gasteiger partial charge < -0.3 is 19.7 Å². The average Bonchev–Trinajstić information content (AvgIpc) is 3.02. The van der Waals surface area contributed by atoms with E-state index in [0.717, 1.165) is 11.1 Å². The second-order valence-corrected chi connectivity index (χ2v) is 5.84. The molecule has 26 heavy (non-hydrogen) atoms. The number of carbonyl (C=O) groups excluding carboxylic acids is 1. The Morgan fingerprint density at radius 3 is 2.42 bits per heavy atom. The fourth-order valence-electron chi connectivity index (χ4n) is 3.08. The molecule has 0 bridgehead atoms. The molecule has 1 heterocycles. The summed E-state index contributed by atoms with van der Waals surface area (Å²) in [6.07, 6.45) is 0.00547. The third-order valence-corrected chi connectivity index (χ3v) is 4.36. The van der Waals surface area contributed by atoms with E-state index in [1.54, 1.807) is 30.2 Å². The third-order valence-electron chi connectivity index (χ3n) is 4.36. The van der Waals surface area contributed by atoms with Crippen molar-refractivity contribution in [2.45, 2.75) is 13.3 Å². The van der Waals surface area contributed by atoms with E-state index >= 15 is 0 Å². The lowest BCUT2D eigenvalue weighted by Gasteiger charge is -2.21. The summed E-state index contributed by atoms with van der Waals surface area (Å²) in [6.45, 7) is 2.37. The Bertz CT molecular complexity index is 944. The van der Waals surface area contributed by atoms with Crippen LogP contribution in [-0.2, 0) is 11.2 Å². The number of hydrogen-bond acceptors (Lipinski definition) is 3. The molecule has 0 aliphatic rings. The number of amides is 1. The van der Waals surface area contributed by atoms with Crippen LogP contribution in [0.25, 0.3) is 10.9 Å². The highest BCUT2D eigenvalue weighted by molar-refractivity contribution is 6.03. The maximum absolute atomic E-state index is 12.9. The zero-order chi connectivity index (χ0) is 18.7. The van der Waals surface area contributed by atoms with Crippen molar-refractivity contribution in [3.05, 3.63) is 59.8 Å². The number of carboxylic acid groups (broad SMARTS) is 1. The predicted octanol–water partition coefficient (Wildman–Crippen LogP) is 3.47. The normalized spacial score (nSPS) is 10.7. The molecule has 0 fully saturated rings. The quantitative estimate of drug-likeness (QED) is 0.712. The largest absolute Gasteiger partial charge is 0.497 e. The monoisotopic (exact) mass is 352 g/mol. The first kappa shape index (κ1) is 17.5. The van der Waals surface area contributed by atoms with Gasteiger partial charge in [-0.2, -0.15) is 0 Å². The van der Waals surface area contributed by atoms with Gasteiger partial charge in [0.15, 0.2) is 0 Å². The van der Waals surface area contributed by atoms with E-state index in [9.17, 15) is 14.7 Å². The number of aromatic nitrogens is 1. The van der Waals surface area contributed by atoms with E-state index in [1.807, 2.05) is 37.3 Å². The maximum atomic E-state index is 12.9. The van der Waals surface area contributed by atoms with E-state index in [0.29, 0.717) is 23.4 Å². The number of H-pyrrole nitrogens is 1. The number of nitrogens with zero attached hydrogens (tertiary/aromatic N) is 1. The molecule has 6 nitrogen and oxygen atoms in total. The lowest BCUT2D eigenvalue weighted by molar-refractivity contribution is -0.117. The molecule has 0 radical (unpaired) electrons.